The van der Waals surface area contributed by atoms with Gasteiger partial charge in [0.25, 0.3) is 0 Å². The first-order valence-electron chi connectivity index (χ1n) is 6.48. The van der Waals surface area contributed by atoms with E-state index in [1.165, 1.54) is 5.56 Å². The van der Waals surface area contributed by atoms with Gasteiger partial charge in [0.1, 0.15) is 0 Å². The number of rotatable bonds is 5. The topological polar surface area (TPSA) is 49.3 Å². The molecule has 100 valence electrons. The van der Waals surface area contributed by atoms with Crippen LogP contribution in [0, 0.1) is 5.92 Å². The maximum Gasteiger partial charge on any atom is 0.226 e. The van der Waals surface area contributed by atoms with Crippen LogP contribution >= 0.6 is 0 Å². The molecular formula is C15H23NO2. The zero-order valence-corrected chi connectivity index (χ0v) is 11.6. The standard InChI is InChI=1S/C15H23NO2/c1-10(2)12-5-7-13(8-6-12)16-15(18)9-14(17)11(3)4/h5-8,10-11,14,17H,9H2,1-4H3,(H,16,18). The first-order chi connectivity index (χ1) is 8.40. The van der Waals surface area contributed by atoms with Crippen LogP contribution < -0.4 is 5.32 Å². The first-order valence-corrected chi connectivity index (χ1v) is 6.48. The van der Waals surface area contributed by atoms with Crippen LogP contribution in [0.25, 0.3) is 0 Å². The largest absolute Gasteiger partial charge is 0.392 e. The quantitative estimate of drug-likeness (QED) is 0.842. The van der Waals surface area contributed by atoms with E-state index in [9.17, 15) is 9.90 Å². The monoisotopic (exact) mass is 249 g/mol. The van der Waals surface area contributed by atoms with Crippen molar-refractivity contribution in [1.29, 1.82) is 0 Å². The number of anilines is 1. The number of hydrogen-bond donors (Lipinski definition) is 2. The van der Waals surface area contributed by atoms with Gasteiger partial charge in [-0.05, 0) is 29.5 Å². The van der Waals surface area contributed by atoms with E-state index in [1.54, 1.807) is 0 Å². The molecule has 0 aliphatic heterocycles. The molecule has 3 heteroatoms. The van der Waals surface area contributed by atoms with Gasteiger partial charge in [-0.1, -0.05) is 39.8 Å². The molecule has 1 atom stereocenters. The molecule has 0 fully saturated rings. The van der Waals surface area contributed by atoms with Crippen molar-refractivity contribution in [2.24, 2.45) is 5.92 Å². The van der Waals surface area contributed by atoms with Crippen LogP contribution in [0.15, 0.2) is 24.3 Å². The minimum absolute atomic E-state index is 0.0964. The molecular weight excluding hydrogens is 226 g/mol. The van der Waals surface area contributed by atoms with Gasteiger partial charge in [-0.15, -0.1) is 0 Å². The summed E-state index contributed by atoms with van der Waals surface area (Å²) in [6.45, 7) is 8.06. The van der Waals surface area contributed by atoms with E-state index in [0.717, 1.165) is 5.69 Å². The fourth-order valence-corrected chi connectivity index (χ4v) is 1.59. The normalized spacial score (nSPS) is 12.8. The number of benzene rings is 1. The zero-order valence-electron chi connectivity index (χ0n) is 11.6. The van der Waals surface area contributed by atoms with Crippen LogP contribution in [0.2, 0.25) is 0 Å². The Morgan fingerprint density at radius 3 is 2.17 bits per heavy atom. The highest BCUT2D eigenvalue weighted by atomic mass is 16.3. The zero-order chi connectivity index (χ0) is 13.7. The second-order valence-corrected chi connectivity index (χ2v) is 5.34. The molecule has 0 bridgehead atoms. The predicted molar refractivity (Wildman–Crippen MR) is 74.6 cm³/mol. The number of carbonyl (C=O) groups excluding carboxylic acids is 1. The van der Waals surface area contributed by atoms with Crippen molar-refractivity contribution in [3.63, 3.8) is 0 Å². The van der Waals surface area contributed by atoms with Crippen LogP contribution in [0.5, 0.6) is 0 Å². The number of amides is 1. The fraction of sp³-hybridized carbons (Fsp3) is 0.533. The minimum atomic E-state index is -0.583. The molecule has 0 aliphatic rings. The van der Waals surface area contributed by atoms with E-state index < -0.39 is 6.10 Å². The average molecular weight is 249 g/mol. The number of aliphatic hydroxyl groups is 1. The van der Waals surface area contributed by atoms with Crippen molar-refractivity contribution < 1.29 is 9.90 Å². The molecule has 0 saturated carbocycles. The van der Waals surface area contributed by atoms with Gasteiger partial charge in [0.15, 0.2) is 0 Å². The maximum absolute atomic E-state index is 11.7. The van der Waals surface area contributed by atoms with E-state index in [1.807, 2.05) is 38.1 Å². The van der Waals surface area contributed by atoms with Crippen molar-refractivity contribution in [3.05, 3.63) is 29.8 Å². The van der Waals surface area contributed by atoms with Crippen molar-refractivity contribution in [1.82, 2.24) is 0 Å². The fourth-order valence-electron chi connectivity index (χ4n) is 1.59. The molecule has 1 aromatic rings. The Morgan fingerprint density at radius 2 is 1.72 bits per heavy atom. The molecule has 1 aromatic carbocycles. The molecule has 0 aromatic heterocycles. The van der Waals surface area contributed by atoms with Gasteiger partial charge < -0.3 is 10.4 Å². The Bertz CT molecular complexity index is 382. The van der Waals surface area contributed by atoms with Gasteiger partial charge in [0, 0.05) is 5.69 Å². The second-order valence-electron chi connectivity index (χ2n) is 5.34. The summed E-state index contributed by atoms with van der Waals surface area (Å²) < 4.78 is 0. The van der Waals surface area contributed by atoms with E-state index in [-0.39, 0.29) is 18.2 Å². The molecule has 0 saturated heterocycles. The SMILES string of the molecule is CC(C)c1ccc(NC(=O)CC(O)C(C)C)cc1. The van der Waals surface area contributed by atoms with Crippen LogP contribution in [0.1, 0.15) is 45.6 Å². The molecule has 18 heavy (non-hydrogen) atoms. The maximum atomic E-state index is 11.7. The lowest BCUT2D eigenvalue weighted by molar-refractivity contribution is -0.118. The third-order valence-electron chi connectivity index (χ3n) is 3.03. The summed E-state index contributed by atoms with van der Waals surface area (Å²) in [6.07, 6.45) is -0.441. The van der Waals surface area contributed by atoms with Crippen LogP contribution in [-0.2, 0) is 4.79 Å². The summed E-state index contributed by atoms with van der Waals surface area (Å²) in [5.74, 6) is 0.435. The number of carbonyl (C=O) groups is 1. The highest BCUT2D eigenvalue weighted by Gasteiger charge is 2.14. The van der Waals surface area contributed by atoms with Crippen molar-refractivity contribution >= 4 is 11.6 Å². The van der Waals surface area contributed by atoms with E-state index in [0.29, 0.717) is 5.92 Å². The summed E-state index contributed by atoms with van der Waals surface area (Å²) in [6, 6.07) is 7.82. The highest BCUT2D eigenvalue weighted by molar-refractivity contribution is 5.91. The lowest BCUT2D eigenvalue weighted by atomic mass is 10.0. The van der Waals surface area contributed by atoms with Crippen LogP contribution in [0.4, 0.5) is 5.69 Å². The lowest BCUT2D eigenvalue weighted by Gasteiger charge is -2.14. The Kier molecular flexibility index (Phi) is 5.35. The van der Waals surface area contributed by atoms with Crippen LogP contribution in [-0.4, -0.2) is 17.1 Å². The number of aliphatic hydroxyl groups excluding tert-OH is 1. The molecule has 1 amide bonds. The summed E-state index contributed by atoms with van der Waals surface area (Å²) in [7, 11) is 0. The van der Waals surface area contributed by atoms with Crippen molar-refractivity contribution in [3.8, 4) is 0 Å². The smallest absolute Gasteiger partial charge is 0.226 e. The average Bonchev–Trinajstić information content (AvgIpc) is 2.29. The highest BCUT2D eigenvalue weighted by Crippen LogP contribution is 2.17. The predicted octanol–water partition coefficient (Wildman–Crippen LogP) is 3.16. The summed E-state index contributed by atoms with van der Waals surface area (Å²) in [5.41, 5.74) is 2.02. The summed E-state index contributed by atoms with van der Waals surface area (Å²) >= 11 is 0. The van der Waals surface area contributed by atoms with Gasteiger partial charge >= 0.3 is 0 Å². The lowest BCUT2D eigenvalue weighted by Crippen LogP contribution is -2.23. The van der Waals surface area contributed by atoms with Gasteiger partial charge in [-0.25, -0.2) is 0 Å². The molecule has 1 unspecified atom stereocenters. The Morgan fingerprint density at radius 1 is 1.17 bits per heavy atom. The minimum Gasteiger partial charge on any atom is -0.392 e. The van der Waals surface area contributed by atoms with Crippen LogP contribution in [0.3, 0.4) is 0 Å². The molecule has 2 N–H and O–H groups in total. The number of hydrogen-bond acceptors (Lipinski definition) is 2. The molecule has 0 spiro atoms. The van der Waals surface area contributed by atoms with Gasteiger partial charge in [0.05, 0.1) is 12.5 Å². The first kappa shape index (κ1) is 14.7. The summed E-state index contributed by atoms with van der Waals surface area (Å²) in [5, 5.41) is 12.4. The van der Waals surface area contributed by atoms with Crippen molar-refractivity contribution in [2.75, 3.05) is 5.32 Å². The third kappa shape index (κ3) is 4.49. The van der Waals surface area contributed by atoms with E-state index in [4.69, 9.17) is 0 Å². The Hall–Kier alpha value is -1.35. The van der Waals surface area contributed by atoms with E-state index in [2.05, 4.69) is 19.2 Å². The van der Waals surface area contributed by atoms with E-state index >= 15 is 0 Å². The van der Waals surface area contributed by atoms with Crippen molar-refractivity contribution in [2.45, 2.75) is 46.1 Å². The second kappa shape index (κ2) is 6.55. The molecule has 0 radical (unpaired) electrons. The number of nitrogens with one attached hydrogen (secondary N) is 1. The molecule has 1 rings (SSSR count). The Labute approximate surface area is 109 Å². The summed E-state index contributed by atoms with van der Waals surface area (Å²) in [4.78, 5) is 11.7. The van der Waals surface area contributed by atoms with Gasteiger partial charge in [0.2, 0.25) is 5.91 Å². The van der Waals surface area contributed by atoms with Gasteiger partial charge in [-0.2, -0.15) is 0 Å². The Balaban J connectivity index is 2.54. The molecule has 0 aliphatic carbocycles. The molecule has 3 nitrogen and oxygen atoms in total. The third-order valence-corrected chi connectivity index (χ3v) is 3.03. The molecule has 0 heterocycles. The van der Waals surface area contributed by atoms with Gasteiger partial charge in [-0.3, -0.25) is 4.79 Å².